The Morgan fingerprint density at radius 2 is 1.78 bits per heavy atom. The van der Waals surface area contributed by atoms with Crippen molar-refractivity contribution in [2.75, 3.05) is 20.6 Å². The van der Waals surface area contributed by atoms with Crippen molar-refractivity contribution in [2.24, 2.45) is 5.73 Å². The first-order valence-electron chi connectivity index (χ1n) is 11.0. The van der Waals surface area contributed by atoms with Gasteiger partial charge in [-0.15, -0.1) is 0 Å². The van der Waals surface area contributed by atoms with Crippen molar-refractivity contribution in [2.45, 2.75) is 36.2 Å². The normalized spacial score (nSPS) is 16.6. The van der Waals surface area contributed by atoms with Gasteiger partial charge in [0.2, 0.25) is 10.0 Å². The number of hydrogen-bond donors (Lipinski definition) is 1. The molecule has 1 heterocycles. The maximum absolute atomic E-state index is 13.0. The summed E-state index contributed by atoms with van der Waals surface area (Å²) in [5, 5.41) is 8.91. The van der Waals surface area contributed by atoms with Crippen LogP contribution in [0.15, 0.2) is 53.4 Å². The zero-order valence-electron chi connectivity index (χ0n) is 19.8. The fraction of sp³-hybridized carbons (Fsp3) is 0.333. The monoisotopic (exact) mass is 514 g/mol. The minimum Gasteiger partial charge on any atom is -0.410 e. The fourth-order valence-corrected chi connectivity index (χ4v) is 5.21. The predicted molar refractivity (Wildman–Crippen MR) is 127 cm³/mol. The lowest BCUT2D eigenvalue weighted by atomic mass is 10.1. The van der Waals surface area contributed by atoms with E-state index in [1.165, 1.54) is 29.2 Å². The van der Waals surface area contributed by atoms with E-state index in [4.69, 9.17) is 20.5 Å². The average molecular weight is 515 g/mol. The van der Waals surface area contributed by atoms with Gasteiger partial charge >= 0.3 is 18.0 Å². The Labute approximate surface area is 209 Å². The molecule has 0 unspecified atom stereocenters. The molecule has 2 aromatic rings. The van der Waals surface area contributed by atoms with E-state index >= 15 is 0 Å². The van der Waals surface area contributed by atoms with E-state index in [9.17, 15) is 22.8 Å². The summed E-state index contributed by atoms with van der Waals surface area (Å²) in [6, 6.07) is 11.2. The number of hydrogen-bond acceptors (Lipinski definition) is 9. The number of nitrogens with two attached hydrogens (primary N) is 1. The molecule has 0 bridgehead atoms. The van der Waals surface area contributed by atoms with E-state index < -0.39 is 40.1 Å². The van der Waals surface area contributed by atoms with Crippen molar-refractivity contribution >= 4 is 28.1 Å². The van der Waals surface area contributed by atoms with Gasteiger partial charge in [-0.25, -0.2) is 22.8 Å². The Morgan fingerprint density at radius 3 is 2.36 bits per heavy atom. The molecule has 2 N–H and O–H groups in total. The average Bonchev–Trinajstić information content (AvgIpc) is 3.36. The summed E-state index contributed by atoms with van der Waals surface area (Å²) in [5.74, 6) is -1.66. The van der Waals surface area contributed by atoms with Gasteiger partial charge in [-0.05, 0) is 61.2 Å². The molecule has 190 valence electrons. The quantitative estimate of drug-likeness (QED) is 0.425. The maximum Gasteiger partial charge on any atom is 0.414 e. The predicted octanol–water partition coefficient (Wildman–Crippen LogP) is 1.41. The second-order valence-corrected chi connectivity index (χ2v) is 10.3. The number of benzene rings is 2. The molecule has 11 nitrogen and oxygen atoms in total. The molecule has 3 rings (SSSR count). The van der Waals surface area contributed by atoms with Crippen molar-refractivity contribution in [1.29, 1.82) is 5.26 Å². The molecule has 0 radical (unpaired) electrons. The third-order valence-corrected chi connectivity index (χ3v) is 7.44. The van der Waals surface area contributed by atoms with Gasteiger partial charge in [-0.1, -0.05) is 12.1 Å². The van der Waals surface area contributed by atoms with E-state index in [0.29, 0.717) is 23.3 Å². The highest BCUT2D eigenvalue weighted by Crippen LogP contribution is 2.27. The molecule has 0 saturated carbocycles. The highest BCUT2D eigenvalue weighted by molar-refractivity contribution is 7.89. The first kappa shape index (κ1) is 26.8. The zero-order valence-corrected chi connectivity index (χ0v) is 20.6. The Balaban J connectivity index is 1.61. The van der Waals surface area contributed by atoms with Crippen molar-refractivity contribution in [3.05, 3.63) is 59.7 Å². The molecular formula is C24H26N4O7S. The highest BCUT2D eigenvalue weighted by atomic mass is 32.2. The molecule has 1 amide bonds. The molecule has 1 aliphatic rings. The summed E-state index contributed by atoms with van der Waals surface area (Å²) in [5.41, 5.74) is 6.86. The standard InChI is InChI=1S/C24H26N4O7S/c1-27(2)24(31)34-18-9-5-16(6-10-18)14-20(26)22(29)35-23(30)21-4-3-13-28(21)36(32,33)19-11-7-17(15-25)8-12-19/h5-12,20-21H,3-4,13-14,26H2,1-2H3/t20-,21+/m0/s1. The SMILES string of the molecule is CN(C)C(=O)Oc1ccc(C[C@H](N)C(=O)OC(=O)[C@H]2CCCN2S(=O)(=O)c2ccc(C#N)cc2)cc1. The number of sulfonamides is 1. The first-order chi connectivity index (χ1) is 17.0. The Hall–Kier alpha value is -3.79. The molecule has 2 atom stereocenters. The number of carbonyl (C=O) groups is 3. The lowest BCUT2D eigenvalue weighted by molar-refractivity contribution is -0.162. The lowest BCUT2D eigenvalue weighted by Crippen LogP contribution is -2.44. The van der Waals surface area contributed by atoms with Crippen LogP contribution in [-0.4, -0.2) is 68.4 Å². The molecule has 1 saturated heterocycles. The zero-order chi connectivity index (χ0) is 26.5. The number of nitrogens with zero attached hydrogens (tertiary/aromatic N) is 3. The van der Waals surface area contributed by atoms with E-state index in [1.54, 1.807) is 38.4 Å². The molecule has 1 aliphatic heterocycles. The van der Waals surface area contributed by atoms with E-state index in [-0.39, 0.29) is 24.3 Å². The van der Waals surface area contributed by atoms with Crippen molar-refractivity contribution < 1.29 is 32.3 Å². The Morgan fingerprint density at radius 1 is 1.14 bits per heavy atom. The molecule has 36 heavy (non-hydrogen) atoms. The van der Waals surface area contributed by atoms with Crippen LogP contribution in [-0.2, 0) is 30.8 Å². The fourth-order valence-electron chi connectivity index (χ4n) is 3.57. The molecule has 12 heteroatoms. The van der Waals surface area contributed by atoms with E-state index in [2.05, 4.69) is 0 Å². The van der Waals surface area contributed by atoms with Crippen molar-refractivity contribution in [3.8, 4) is 11.8 Å². The summed E-state index contributed by atoms with van der Waals surface area (Å²) in [6.45, 7) is 0.0904. The summed E-state index contributed by atoms with van der Waals surface area (Å²) in [4.78, 5) is 38.0. The molecule has 0 aromatic heterocycles. The van der Waals surface area contributed by atoms with Gasteiger partial charge in [-0.3, -0.25) is 0 Å². The Bertz CT molecular complexity index is 1270. The van der Waals surface area contributed by atoms with E-state index in [1.807, 2.05) is 6.07 Å². The largest absolute Gasteiger partial charge is 0.414 e. The minimum atomic E-state index is -4.04. The van der Waals surface area contributed by atoms with Gasteiger partial charge in [0.1, 0.15) is 17.8 Å². The topological polar surface area (TPSA) is 160 Å². The van der Waals surface area contributed by atoms with Crippen LogP contribution in [0, 0.1) is 11.3 Å². The van der Waals surface area contributed by atoms with Crippen molar-refractivity contribution in [1.82, 2.24) is 9.21 Å². The third kappa shape index (κ3) is 6.25. The van der Waals surface area contributed by atoms with Gasteiger partial charge in [0.15, 0.2) is 0 Å². The minimum absolute atomic E-state index is 0.0476. The summed E-state index contributed by atoms with van der Waals surface area (Å²) in [7, 11) is -0.936. The first-order valence-corrected chi connectivity index (χ1v) is 12.5. The van der Waals surface area contributed by atoms with Crippen LogP contribution >= 0.6 is 0 Å². The Kier molecular flexibility index (Phi) is 8.41. The van der Waals surface area contributed by atoms with Gasteiger partial charge in [-0.2, -0.15) is 9.57 Å². The second kappa shape index (κ2) is 11.3. The van der Waals surface area contributed by atoms with Crippen LogP contribution in [0.25, 0.3) is 0 Å². The van der Waals surface area contributed by atoms with Gasteiger partial charge < -0.3 is 20.1 Å². The maximum atomic E-state index is 13.0. The molecular weight excluding hydrogens is 488 g/mol. The van der Waals surface area contributed by atoms with Crippen LogP contribution in [0.1, 0.15) is 24.0 Å². The summed E-state index contributed by atoms with van der Waals surface area (Å²) < 4.78 is 37.1. The van der Waals surface area contributed by atoms with Crippen LogP contribution in [0.4, 0.5) is 4.79 Å². The lowest BCUT2D eigenvalue weighted by Gasteiger charge is -2.23. The summed E-state index contributed by atoms with van der Waals surface area (Å²) >= 11 is 0. The van der Waals surface area contributed by atoms with E-state index in [0.717, 1.165) is 4.31 Å². The number of nitriles is 1. The van der Waals surface area contributed by atoms with Crippen LogP contribution in [0.3, 0.4) is 0 Å². The third-order valence-electron chi connectivity index (χ3n) is 5.52. The molecule has 0 aliphatic carbocycles. The van der Waals surface area contributed by atoms with Gasteiger partial charge in [0, 0.05) is 20.6 Å². The van der Waals surface area contributed by atoms with Gasteiger partial charge in [0.25, 0.3) is 0 Å². The number of ether oxygens (including phenoxy) is 2. The van der Waals surface area contributed by atoms with Gasteiger partial charge in [0.05, 0.1) is 16.5 Å². The summed E-state index contributed by atoms with van der Waals surface area (Å²) in [6.07, 6.45) is 0.125. The second-order valence-electron chi connectivity index (χ2n) is 8.37. The smallest absolute Gasteiger partial charge is 0.410 e. The molecule has 1 fully saturated rings. The molecule has 0 spiro atoms. The molecule has 2 aromatic carbocycles. The van der Waals surface area contributed by atoms with Crippen LogP contribution in [0.2, 0.25) is 0 Å². The van der Waals surface area contributed by atoms with Crippen LogP contribution in [0.5, 0.6) is 5.75 Å². The number of rotatable bonds is 7. The number of amides is 1. The number of esters is 2. The highest BCUT2D eigenvalue weighted by Gasteiger charge is 2.41. The van der Waals surface area contributed by atoms with Crippen LogP contribution < -0.4 is 10.5 Å². The number of carbonyl (C=O) groups excluding carboxylic acids is 3. The van der Waals surface area contributed by atoms with Crippen molar-refractivity contribution in [3.63, 3.8) is 0 Å².